The molecule has 0 unspecified atom stereocenters. The van der Waals surface area contributed by atoms with Crippen LogP contribution in [0.25, 0.3) is 15.8 Å². The molecule has 2 heterocycles. The lowest BCUT2D eigenvalue weighted by atomic mass is 10.1. The van der Waals surface area contributed by atoms with E-state index in [1.165, 1.54) is 11.3 Å². The van der Waals surface area contributed by atoms with E-state index < -0.39 is 5.91 Å². The Morgan fingerprint density at radius 2 is 2.17 bits per heavy atom. The molecule has 1 aliphatic rings. The van der Waals surface area contributed by atoms with Crippen molar-refractivity contribution in [3.8, 4) is 0 Å². The van der Waals surface area contributed by atoms with Gasteiger partial charge in [-0.25, -0.2) is 4.98 Å². The van der Waals surface area contributed by atoms with Crippen LogP contribution in [0.5, 0.6) is 0 Å². The van der Waals surface area contributed by atoms with E-state index in [2.05, 4.69) is 15.6 Å². The molecule has 0 fully saturated rings. The van der Waals surface area contributed by atoms with Crippen molar-refractivity contribution in [3.05, 3.63) is 59.2 Å². The fourth-order valence-corrected chi connectivity index (χ4v) is 3.51. The zero-order chi connectivity index (χ0) is 16.7. The van der Waals surface area contributed by atoms with E-state index in [0.29, 0.717) is 16.8 Å². The Hall–Kier alpha value is -3.19. The van der Waals surface area contributed by atoms with E-state index in [9.17, 15) is 9.59 Å². The average molecular weight is 336 g/mol. The van der Waals surface area contributed by atoms with Gasteiger partial charge in [-0.1, -0.05) is 6.07 Å². The number of amides is 2. The number of primary amides is 1. The fourth-order valence-electron chi connectivity index (χ4n) is 2.66. The van der Waals surface area contributed by atoms with E-state index in [1.807, 2.05) is 12.1 Å². The smallest absolute Gasteiger partial charge is 0.257 e. The second-order valence-corrected chi connectivity index (χ2v) is 6.15. The third kappa shape index (κ3) is 2.31. The van der Waals surface area contributed by atoms with Crippen molar-refractivity contribution in [2.75, 3.05) is 10.6 Å². The summed E-state index contributed by atoms with van der Waals surface area (Å²) in [6.45, 7) is 0. The van der Waals surface area contributed by atoms with E-state index in [-0.39, 0.29) is 5.91 Å². The number of benzene rings is 2. The van der Waals surface area contributed by atoms with Gasteiger partial charge in [-0.15, -0.1) is 11.3 Å². The number of hydrogen-bond donors (Lipinski definition) is 3. The maximum Gasteiger partial charge on any atom is 0.257 e. The van der Waals surface area contributed by atoms with Gasteiger partial charge in [-0.3, -0.25) is 9.59 Å². The first-order valence-electron chi connectivity index (χ1n) is 7.18. The Morgan fingerprint density at radius 1 is 1.29 bits per heavy atom. The van der Waals surface area contributed by atoms with Gasteiger partial charge in [0.15, 0.2) is 0 Å². The average Bonchev–Trinajstić information content (AvgIpc) is 3.16. The Kier molecular flexibility index (Phi) is 3.28. The number of thiazole rings is 1. The molecule has 0 radical (unpaired) electrons. The van der Waals surface area contributed by atoms with Crippen LogP contribution >= 0.6 is 11.3 Å². The topological polar surface area (TPSA) is 97.1 Å². The molecular weight excluding hydrogens is 324 g/mol. The quantitative estimate of drug-likeness (QED) is 0.641. The van der Waals surface area contributed by atoms with Crippen molar-refractivity contribution in [2.45, 2.75) is 0 Å². The van der Waals surface area contributed by atoms with Gasteiger partial charge in [0, 0.05) is 23.0 Å². The normalized spacial score (nSPS) is 14.7. The summed E-state index contributed by atoms with van der Waals surface area (Å²) >= 11 is 1.49. The molecule has 0 saturated heterocycles. The van der Waals surface area contributed by atoms with Gasteiger partial charge in [-0.05, 0) is 30.3 Å². The number of aromatic nitrogens is 1. The largest absolute Gasteiger partial charge is 0.366 e. The predicted octanol–water partition coefficient (Wildman–Crippen LogP) is 2.80. The number of nitrogens with one attached hydrogen (secondary N) is 2. The maximum absolute atomic E-state index is 12.3. The van der Waals surface area contributed by atoms with Crippen LogP contribution in [0.1, 0.15) is 15.9 Å². The highest BCUT2D eigenvalue weighted by atomic mass is 32.1. The summed E-state index contributed by atoms with van der Waals surface area (Å²) in [7, 11) is 0. The molecule has 3 aromatic rings. The number of fused-ring (bicyclic) bond motifs is 3. The van der Waals surface area contributed by atoms with Gasteiger partial charge < -0.3 is 16.4 Å². The number of nitrogens with two attached hydrogens (primary N) is 1. The van der Waals surface area contributed by atoms with Crippen LogP contribution in [0.4, 0.5) is 11.4 Å². The lowest BCUT2D eigenvalue weighted by Gasteiger charge is -2.04. The lowest BCUT2D eigenvalue weighted by molar-refractivity contribution is -0.110. The molecule has 6 nitrogen and oxygen atoms in total. The van der Waals surface area contributed by atoms with Crippen LogP contribution < -0.4 is 16.4 Å². The number of rotatable bonds is 3. The van der Waals surface area contributed by atoms with Gasteiger partial charge in [0.2, 0.25) is 5.91 Å². The van der Waals surface area contributed by atoms with Gasteiger partial charge in [-0.2, -0.15) is 0 Å². The number of carbonyl (C=O) groups excluding carboxylic acids is 2. The van der Waals surface area contributed by atoms with Crippen LogP contribution in [-0.2, 0) is 4.79 Å². The number of anilines is 2. The Balaban J connectivity index is 1.74. The first kappa shape index (κ1) is 14.4. The minimum absolute atomic E-state index is 0.176. The molecule has 2 amide bonds. The van der Waals surface area contributed by atoms with E-state index >= 15 is 0 Å². The zero-order valence-electron chi connectivity index (χ0n) is 12.4. The standard InChI is InChI=1S/C17H12N4O2S/c18-16(22)9-2-1-3-10(6-9)19-7-11-14-12(21-17(11)23)4-5-13-15(14)24-8-20-13/h1-8,19H,(H2,18,22)(H,21,23). The highest BCUT2D eigenvalue weighted by Gasteiger charge is 2.27. The van der Waals surface area contributed by atoms with Crippen LogP contribution in [0.2, 0.25) is 0 Å². The number of hydrogen-bond acceptors (Lipinski definition) is 5. The maximum atomic E-state index is 12.3. The Bertz CT molecular complexity index is 1020. The Morgan fingerprint density at radius 3 is 3.00 bits per heavy atom. The lowest BCUT2D eigenvalue weighted by Crippen LogP contribution is -2.11. The Labute approximate surface area is 141 Å². The molecule has 1 aromatic heterocycles. The molecule has 0 atom stereocenters. The summed E-state index contributed by atoms with van der Waals surface area (Å²) in [6, 6.07) is 10.5. The molecule has 0 spiro atoms. The second kappa shape index (κ2) is 5.47. The summed E-state index contributed by atoms with van der Waals surface area (Å²) in [4.78, 5) is 27.8. The molecular formula is C17H12N4O2S. The van der Waals surface area contributed by atoms with Crippen molar-refractivity contribution in [3.63, 3.8) is 0 Å². The minimum Gasteiger partial charge on any atom is -0.366 e. The van der Waals surface area contributed by atoms with Crippen molar-refractivity contribution >= 4 is 50.3 Å². The van der Waals surface area contributed by atoms with Crippen molar-refractivity contribution < 1.29 is 9.59 Å². The highest BCUT2D eigenvalue weighted by molar-refractivity contribution is 7.17. The highest BCUT2D eigenvalue weighted by Crippen LogP contribution is 2.39. The molecule has 24 heavy (non-hydrogen) atoms. The van der Waals surface area contributed by atoms with E-state index in [0.717, 1.165) is 21.5 Å². The molecule has 2 aromatic carbocycles. The zero-order valence-corrected chi connectivity index (χ0v) is 13.2. The van der Waals surface area contributed by atoms with E-state index in [4.69, 9.17) is 5.73 Å². The molecule has 7 heteroatoms. The molecule has 4 N–H and O–H groups in total. The fraction of sp³-hybridized carbons (Fsp3) is 0. The first-order chi connectivity index (χ1) is 11.6. The predicted molar refractivity (Wildman–Crippen MR) is 94.8 cm³/mol. The molecule has 118 valence electrons. The molecule has 0 saturated carbocycles. The minimum atomic E-state index is -0.498. The first-order valence-corrected chi connectivity index (χ1v) is 8.06. The van der Waals surface area contributed by atoms with Crippen LogP contribution in [0, 0.1) is 0 Å². The summed E-state index contributed by atoms with van der Waals surface area (Å²) in [6.07, 6.45) is 1.64. The second-order valence-electron chi connectivity index (χ2n) is 5.29. The number of nitrogens with zero attached hydrogens (tertiary/aromatic N) is 1. The van der Waals surface area contributed by atoms with Crippen molar-refractivity contribution in [1.82, 2.24) is 4.98 Å². The third-order valence-electron chi connectivity index (χ3n) is 3.79. The van der Waals surface area contributed by atoms with Gasteiger partial charge in [0.1, 0.15) is 0 Å². The molecule has 1 aliphatic heterocycles. The van der Waals surface area contributed by atoms with Gasteiger partial charge in [0.05, 0.1) is 27.0 Å². The van der Waals surface area contributed by atoms with E-state index in [1.54, 1.807) is 36.0 Å². The van der Waals surface area contributed by atoms with Crippen molar-refractivity contribution in [2.24, 2.45) is 5.73 Å². The van der Waals surface area contributed by atoms with Crippen molar-refractivity contribution in [1.29, 1.82) is 0 Å². The molecule has 0 aliphatic carbocycles. The third-order valence-corrected chi connectivity index (χ3v) is 4.65. The molecule has 0 bridgehead atoms. The summed E-state index contributed by atoms with van der Waals surface area (Å²) in [5, 5.41) is 5.92. The summed E-state index contributed by atoms with van der Waals surface area (Å²) in [5.74, 6) is -0.675. The van der Waals surface area contributed by atoms with Crippen LogP contribution in [0.15, 0.2) is 48.1 Å². The van der Waals surface area contributed by atoms with Gasteiger partial charge in [0.25, 0.3) is 5.91 Å². The van der Waals surface area contributed by atoms with Crippen LogP contribution in [0.3, 0.4) is 0 Å². The molecule has 4 rings (SSSR count). The monoisotopic (exact) mass is 336 g/mol. The van der Waals surface area contributed by atoms with Crippen LogP contribution in [-0.4, -0.2) is 16.8 Å². The number of carbonyl (C=O) groups is 2. The summed E-state index contributed by atoms with van der Waals surface area (Å²) < 4.78 is 0.963. The SMILES string of the molecule is NC(=O)c1cccc(NC=C2C(=O)Nc3ccc4ncsc4c32)c1. The summed E-state index contributed by atoms with van der Waals surface area (Å²) in [5.41, 5.74) is 11.1. The van der Waals surface area contributed by atoms with Gasteiger partial charge >= 0.3 is 0 Å².